The van der Waals surface area contributed by atoms with Crippen LogP contribution in [0.3, 0.4) is 0 Å². The second kappa shape index (κ2) is 13.9. The van der Waals surface area contributed by atoms with Gasteiger partial charge in [-0.1, -0.05) is 68.0 Å². The summed E-state index contributed by atoms with van der Waals surface area (Å²) in [6, 6.07) is 15.0. The number of aromatic nitrogens is 4. The first-order chi connectivity index (χ1) is 20.4. The number of carbonyl (C=O) groups is 1. The monoisotopic (exact) mass is 588 g/mol. The molecule has 2 aromatic heterocycles. The molecule has 1 atom stereocenters. The minimum Gasteiger partial charge on any atom is -0.358 e. The molecule has 1 aliphatic rings. The van der Waals surface area contributed by atoms with Crippen LogP contribution in [0.25, 0.3) is 5.82 Å². The van der Waals surface area contributed by atoms with Crippen LogP contribution in [0.2, 0.25) is 5.02 Å². The summed E-state index contributed by atoms with van der Waals surface area (Å²) in [7, 11) is 0. The summed E-state index contributed by atoms with van der Waals surface area (Å²) >= 11 is 6.15. The molecule has 0 radical (unpaired) electrons. The molecule has 0 saturated heterocycles. The van der Waals surface area contributed by atoms with Gasteiger partial charge in [0.05, 0.1) is 4.92 Å². The molecule has 3 N–H and O–H groups in total. The van der Waals surface area contributed by atoms with Crippen molar-refractivity contribution in [2.24, 2.45) is 5.92 Å². The predicted octanol–water partition coefficient (Wildman–Crippen LogP) is 5.90. The third-order valence-electron chi connectivity index (χ3n) is 7.37. The van der Waals surface area contributed by atoms with Gasteiger partial charge in [-0.3, -0.25) is 19.5 Å². The summed E-state index contributed by atoms with van der Waals surface area (Å²) in [4.78, 5) is 37.6. The van der Waals surface area contributed by atoms with Gasteiger partial charge in [0, 0.05) is 48.7 Å². The fraction of sp³-hybridized carbons (Fsp3) is 0.333. The Kier molecular flexibility index (Phi) is 9.60. The third kappa shape index (κ3) is 8.03. The van der Waals surface area contributed by atoms with Crippen molar-refractivity contribution in [3.8, 4) is 5.82 Å². The first-order valence-electron chi connectivity index (χ1n) is 14.1. The van der Waals surface area contributed by atoms with Crippen LogP contribution in [-0.4, -0.2) is 36.4 Å². The highest BCUT2D eigenvalue weighted by Gasteiger charge is 2.25. The molecular formula is C30H33ClN8O3. The molecule has 12 heteroatoms. The highest BCUT2D eigenvalue weighted by molar-refractivity contribution is 6.30. The SMILES string of the molecule is O=C(NCc1ccc([N+](=O)[O-])cc1)C(CC1CCCCC1)Nc1cc(-n2ccnc2)nc(NCc2cccc(Cl)c2)n1. The maximum atomic E-state index is 13.5. The van der Waals surface area contributed by atoms with E-state index < -0.39 is 11.0 Å². The number of rotatable bonds is 12. The highest BCUT2D eigenvalue weighted by Crippen LogP contribution is 2.28. The molecule has 4 aromatic rings. The largest absolute Gasteiger partial charge is 0.358 e. The van der Waals surface area contributed by atoms with Crippen LogP contribution >= 0.6 is 11.6 Å². The number of imidazole rings is 1. The van der Waals surface area contributed by atoms with E-state index in [9.17, 15) is 14.9 Å². The number of nitrogens with zero attached hydrogens (tertiary/aromatic N) is 5. The molecule has 0 aliphatic heterocycles. The Morgan fingerprint density at radius 1 is 1.05 bits per heavy atom. The second-order valence-corrected chi connectivity index (χ2v) is 10.9. The number of hydrogen-bond acceptors (Lipinski definition) is 8. The van der Waals surface area contributed by atoms with Crippen LogP contribution in [0, 0.1) is 16.0 Å². The van der Waals surface area contributed by atoms with Gasteiger partial charge in [-0.25, -0.2) is 4.98 Å². The summed E-state index contributed by atoms with van der Waals surface area (Å²) in [6.07, 6.45) is 11.5. The molecule has 5 rings (SSSR count). The molecule has 218 valence electrons. The highest BCUT2D eigenvalue weighted by atomic mass is 35.5. The smallest absolute Gasteiger partial charge is 0.269 e. The fourth-order valence-electron chi connectivity index (χ4n) is 5.16. The molecule has 1 fully saturated rings. The lowest BCUT2D eigenvalue weighted by Gasteiger charge is -2.27. The Bertz CT molecular complexity index is 1490. The molecule has 0 spiro atoms. The van der Waals surface area contributed by atoms with Crippen molar-refractivity contribution in [1.29, 1.82) is 0 Å². The molecule has 1 unspecified atom stereocenters. The van der Waals surface area contributed by atoms with Crippen LogP contribution < -0.4 is 16.0 Å². The Labute approximate surface area is 248 Å². The molecule has 0 bridgehead atoms. The van der Waals surface area contributed by atoms with E-state index >= 15 is 0 Å². The van der Waals surface area contributed by atoms with Crippen molar-refractivity contribution in [3.05, 3.63) is 99.6 Å². The van der Waals surface area contributed by atoms with Crippen molar-refractivity contribution in [2.45, 2.75) is 57.7 Å². The number of benzene rings is 2. The summed E-state index contributed by atoms with van der Waals surface area (Å²) in [5.74, 6) is 1.77. The van der Waals surface area contributed by atoms with Crippen molar-refractivity contribution in [2.75, 3.05) is 10.6 Å². The van der Waals surface area contributed by atoms with Crippen LogP contribution in [0.1, 0.15) is 49.7 Å². The number of hydrogen-bond donors (Lipinski definition) is 3. The molecule has 1 aliphatic carbocycles. The maximum Gasteiger partial charge on any atom is 0.269 e. The minimum absolute atomic E-state index is 0.0131. The summed E-state index contributed by atoms with van der Waals surface area (Å²) in [5, 5.41) is 21.3. The van der Waals surface area contributed by atoms with Crippen molar-refractivity contribution in [3.63, 3.8) is 0 Å². The Hall–Kier alpha value is -4.51. The molecule has 2 aromatic carbocycles. The number of nitrogens with one attached hydrogen (secondary N) is 3. The number of amides is 1. The van der Waals surface area contributed by atoms with Crippen molar-refractivity contribution >= 4 is 35.0 Å². The third-order valence-corrected chi connectivity index (χ3v) is 7.60. The Balaban J connectivity index is 1.35. The number of carbonyl (C=O) groups excluding carboxylic acids is 1. The lowest BCUT2D eigenvalue weighted by molar-refractivity contribution is -0.384. The van der Waals surface area contributed by atoms with Crippen molar-refractivity contribution < 1.29 is 9.72 Å². The number of nitro groups is 1. The molecule has 42 heavy (non-hydrogen) atoms. The second-order valence-electron chi connectivity index (χ2n) is 10.5. The summed E-state index contributed by atoms with van der Waals surface area (Å²) in [5.41, 5.74) is 1.77. The Morgan fingerprint density at radius 2 is 1.86 bits per heavy atom. The first kappa shape index (κ1) is 29.0. The zero-order valence-electron chi connectivity index (χ0n) is 23.1. The average molecular weight is 589 g/mol. The van der Waals surface area contributed by atoms with Gasteiger partial charge in [-0.15, -0.1) is 0 Å². The van der Waals surface area contributed by atoms with E-state index in [1.165, 1.54) is 18.6 Å². The van der Waals surface area contributed by atoms with Crippen molar-refractivity contribution in [1.82, 2.24) is 24.8 Å². The van der Waals surface area contributed by atoms with Gasteiger partial charge in [0.15, 0.2) is 0 Å². The van der Waals surface area contributed by atoms with E-state index in [0.29, 0.717) is 41.5 Å². The van der Waals surface area contributed by atoms with Gasteiger partial charge >= 0.3 is 0 Å². The van der Waals surface area contributed by atoms with Gasteiger partial charge in [0.2, 0.25) is 11.9 Å². The fourth-order valence-corrected chi connectivity index (χ4v) is 5.37. The minimum atomic E-state index is -0.530. The van der Waals surface area contributed by atoms with E-state index in [4.69, 9.17) is 16.6 Å². The zero-order valence-corrected chi connectivity index (χ0v) is 23.8. The van der Waals surface area contributed by atoms with Crippen LogP contribution in [0.5, 0.6) is 0 Å². The lowest BCUT2D eigenvalue weighted by Crippen LogP contribution is -2.41. The molecule has 11 nitrogen and oxygen atoms in total. The van der Waals surface area contributed by atoms with Crippen LogP contribution in [0.15, 0.2) is 73.3 Å². The van der Waals surface area contributed by atoms with Gasteiger partial charge in [-0.05, 0) is 35.6 Å². The average Bonchev–Trinajstić information content (AvgIpc) is 3.55. The Morgan fingerprint density at radius 3 is 2.57 bits per heavy atom. The van der Waals surface area contributed by atoms with Crippen LogP contribution in [0.4, 0.5) is 17.5 Å². The maximum absolute atomic E-state index is 13.5. The van der Waals surface area contributed by atoms with E-state index in [-0.39, 0.29) is 18.1 Å². The summed E-state index contributed by atoms with van der Waals surface area (Å²) in [6.45, 7) is 0.727. The number of anilines is 2. The van der Waals surface area contributed by atoms with Crippen LogP contribution in [-0.2, 0) is 17.9 Å². The van der Waals surface area contributed by atoms with E-state index in [1.54, 1.807) is 41.5 Å². The topological polar surface area (TPSA) is 140 Å². The van der Waals surface area contributed by atoms with E-state index in [2.05, 4.69) is 25.9 Å². The normalized spacial score (nSPS) is 14.2. The standard InChI is InChI=1S/C30H33ClN8O3/c31-24-8-4-7-23(15-24)19-34-30-36-27(17-28(37-30)38-14-13-32-20-38)35-26(16-21-5-2-1-3-6-21)29(40)33-18-22-9-11-25(12-10-22)39(41)42/h4,7-15,17,20-21,26H,1-3,5-6,16,18-19H2,(H,33,40)(H2,34,35,36,37). The molecule has 2 heterocycles. The molecule has 1 amide bonds. The van der Waals surface area contributed by atoms with Gasteiger partial charge < -0.3 is 16.0 Å². The molecular weight excluding hydrogens is 556 g/mol. The van der Waals surface area contributed by atoms with E-state index in [1.807, 2.05) is 24.3 Å². The predicted molar refractivity (Wildman–Crippen MR) is 161 cm³/mol. The number of halogens is 1. The zero-order chi connectivity index (χ0) is 29.3. The first-order valence-corrected chi connectivity index (χ1v) is 14.4. The number of nitro benzene ring substituents is 1. The number of non-ortho nitro benzene ring substituents is 1. The quantitative estimate of drug-likeness (QED) is 0.137. The van der Waals surface area contributed by atoms with Gasteiger partial charge in [-0.2, -0.15) is 9.97 Å². The van der Waals surface area contributed by atoms with E-state index in [0.717, 1.165) is 36.8 Å². The molecule has 1 saturated carbocycles. The lowest BCUT2D eigenvalue weighted by atomic mass is 9.84. The summed E-state index contributed by atoms with van der Waals surface area (Å²) < 4.78 is 1.78. The van der Waals surface area contributed by atoms with Gasteiger partial charge in [0.25, 0.3) is 5.69 Å². The van der Waals surface area contributed by atoms with Gasteiger partial charge in [0.1, 0.15) is 24.0 Å².